The van der Waals surface area contributed by atoms with E-state index in [2.05, 4.69) is 10.4 Å². The van der Waals surface area contributed by atoms with Gasteiger partial charge in [-0.1, -0.05) is 35.9 Å². The van der Waals surface area contributed by atoms with Gasteiger partial charge >= 0.3 is 0 Å². The second-order valence-electron chi connectivity index (χ2n) is 5.79. The zero-order chi connectivity index (χ0) is 19.9. The Morgan fingerprint density at radius 2 is 1.96 bits per heavy atom. The van der Waals surface area contributed by atoms with E-state index < -0.39 is 0 Å². The second-order valence-corrected chi connectivity index (χ2v) is 7.22. The Hall–Kier alpha value is -2.64. The average molecular weight is 418 g/mol. The molecule has 0 bridgehead atoms. The third-order valence-electron chi connectivity index (χ3n) is 3.98. The van der Waals surface area contributed by atoms with E-state index in [9.17, 15) is 4.79 Å². The monoisotopic (exact) mass is 417 g/mol. The highest BCUT2D eigenvalue weighted by atomic mass is 35.5. The molecule has 1 N–H and O–H groups in total. The predicted molar refractivity (Wildman–Crippen MR) is 112 cm³/mol. The predicted octanol–water partition coefficient (Wildman–Crippen LogP) is 4.33. The molecule has 1 heterocycles. The van der Waals surface area contributed by atoms with E-state index in [0.29, 0.717) is 28.9 Å². The van der Waals surface area contributed by atoms with Crippen LogP contribution in [0.25, 0.3) is 0 Å². The summed E-state index contributed by atoms with van der Waals surface area (Å²) < 4.78 is 12.5. The van der Waals surface area contributed by atoms with E-state index in [0.717, 1.165) is 10.5 Å². The molecule has 146 valence electrons. The number of halogens is 1. The van der Waals surface area contributed by atoms with Gasteiger partial charge in [-0.15, -0.1) is 11.8 Å². The van der Waals surface area contributed by atoms with E-state index in [-0.39, 0.29) is 11.7 Å². The number of aromatic nitrogens is 2. The van der Waals surface area contributed by atoms with Crippen LogP contribution in [0.15, 0.2) is 59.6 Å². The van der Waals surface area contributed by atoms with Crippen LogP contribution in [0.5, 0.6) is 11.5 Å². The van der Waals surface area contributed by atoms with Gasteiger partial charge in [0.15, 0.2) is 11.5 Å². The van der Waals surface area contributed by atoms with Crippen molar-refractivity contribution in [2.24, 2.45) is 0 Å². The van der Waals surface area contributed by atoms with Gasteiger partial charge in [-0.2, -0.15) is 5.10 Å². The Morgan fingerprint density at radius 3 is 2.71 bits per heavy atom. The number of nitrogens with one attached hydrogen (secondary N) is 1. The van der Waals surface area contributed by atoms with Crippen LogP contribution in [0, 0.1) is 0 Å². The number of rotatable bonds is 8. The van der Waals surface area contributed by atoms with E-state index in [4.69, 9.17) is 21.1 Å². The fourth-order valence-corrected chi connectivity index (χ4v) is 3.73. The molecule has 0 aliphatic heterocycles. The summed E-state index contributed by atoms with van der Waals surface area (Å²) in [6.45, 7) is 0.431. The first-order valence-electron chi connectivity index (χ1n) is 8.51. The van der Waals surface area contributed by atoms with Gasteiger partial charge in [-0.05, 0) is 18.2 Å². The quantitative estimate of drug-likeness (QED) is 0.552. The van der Waals surface area contributed by atoms with Crippen molar-refractivity contribution >= 4 is 35.1 Å². The molecule has 0 aliphatic rings. The average Bonchev–Trinajstić information content (AvgIpc) is 3.13. The van der Waals surface area contributed by atoms with Gasteiger partial charge < -0.3 is 14.8 Å². The summed E-state index contributed by atoms with van der Waals surface area (Å²) in [5.74, 6) is 2.01. The van der Waals surface area contributed by atoms with Crippen molar-refractivity contribution in [2.75, 3.05) is 25.3 Å². The highest BCUT2D eigenvalue weighted by Crippen LogP contribution is 2.31. The normalized spacial score (nSPS) is 10.5. The minimum Gasteiger partial charge on any atom is -0.493 e. The first-order chi connectivity index (χ1) is 13.6. The van der Waals surface area contributed by atoms with Crippen LogP contribution in [0.4, 0.5) is 5.82 Å². The topological polar surface area (TPSA) is 65.4 Å². The zero-order valence-corrected chi connectivity index (χ0v) is 17.1. The highest BCUT2D eigenvalue weighted by Gasteiger charge is 2.13. The number of nitrogens with zero attached hydrogens (tertiary/aromatic N) is 2. The number of amides is 1. The standard InChI is InChI=1S/C20H20ClN3O3S/c1-26-16-8-5-6-14(20(16)27-2)12-24-18(10-11-22-24)23-19(25)13-28-17-9-4-3-7-15(17)21/h3-11H,12-13H2,1-2H3,(H,23,25). The first-order valence-corrected chi connectivity index (χ1v) is 9.87. The number of anilines is 1. The molecule has 3 rings (SSSR count). The third-order valence-corrected chi connectivity index (χ3v) is 5.50. The molecule has 0 fully saturated rings. The van der Waals surface area contributed by atoms with Crippen LogP contribution < -0.4 is 14.8 Å². The molecule has 1 aromatic heterocycles. The number of carbonyl (C=O) groups is 1. The summed E-state index contributed by atoms with van der Waals surface area (Å²) in [5, 5.41) is 7.83. The van der Waals surface area contributed by atoms with Gasteiger partial charge in [0, 0.05) is 16.5 Å². The number of carbonyl (C=O) groups excluding carboxylic acids is 1. The number of hydrogen-bond acceptors (Lipinski definition) is 5. The Labute approximate surface area is 172 Å². The minimum absolute atomic E-state index is 0.135. The van der Waals surface area contributed by atoms with Crippen LogP contribution in [-0.4, -0.2) is 35.7 Å². The Kier molecular flexibility index (Phi) is 6.84. The SMILES string of the molecule is COc1cccc(Cn2nccc2NC(=O)CSc2ccccc2Cl)c1OC. The lowest BCUT2D eigenvalue weighted by Crippen LogP contribution is -2.18. The summed E-state index contributed by atoms with van der Waals surface area (Å²) in [5.41, 5.74) is 0.895. The number of methoxy groups -OCH3 is 2. The fourth-order valence-electron chi connectivity index (χ4n) is 2.69. The molecule has 28 heavy (non-hydrogen) atoms. The van der Waals surface area contributed by atoms with E-state index in [1.807, 2.05) is 36.4 Å². The van der Waals surface area contributed by atoms with Crippen molar-refractivity contribution in [3.8, 4) is 11.5 Å². The first kappa shape index (κ1) is 20.1. The number of para-hydroxylation sites is 1. The summed E-state index contributed by atoms with van der Waals surface area (Å²) in [4.78, 5) is 13.2. The molecule has 0 unspecified atom stereocenters. The van der Waals surface area contributed by atoms with Crippen molar-refractivity contribution in [2.45, 2.75) is 11.4 Å². The van der Waals surface area contributed by atoms with Gasteiger partial charge in [0.05, 0.1) is 37.7 Å². The van der Waals surface area contributed by atoms with Crippen molar-refractivity contribution in [1.82, 2.24) is 9.78 Å². The fraction of sp³-hybridized carbons (Fsp3) is 0.200. The largest absolute Gasteiger partial charge is 0.493 e. The van der Waals surface area contributed by atoms with Gasteiger partial charge in [0.25, 0.3) is 0 Å². The molecule has 6 nitrogen and oxygen atoms in total. The lowest BCUT2D eigenvalue weighted by atomic mass is 10.2. The summed E-state index contributed by atoms with van der Waals surface area (Å²) in [7, 11) is 3.19. The lowest BCUT2D eigenvalue weighted by molar-refractivity contribution is -0.113. The van der Waals surface area contributed by atoms with Crippen LogP contribution in [-0.2, 0) is 11.3 Å². The molecule has 0 atom stereocenters. The van der Waals surface area contributed by atoms with Crippen LogP contribution in [0.3, 0.4) is 0 Å². The van der Waals surface area contributed by atoms with E-state index in [1.165, 1.54) is 11.8 Å². The number of hydrogen-bond donors (Lipinski definition) is 1. The number of benzene rings is 2. The molecular formula is C20H20ClN3O3S. The molecule has 8 heteroatoms. The Morgan fingerprint density at radius 1 is 1.14 bits per heavy atom. The van der Waals surface area contributed by atoms with Gasteiger partial charge in [-0.3, -0.25) is 4.79 Å². The van der Waals surface area contributed by atoms with Crippen LogP contribution in [0.1, 0.15) is 5.56 Å². The lowest BCUT2D eigenvalue weighted by Gasteiger charge is -2.14. The van der Waals surface area contributed by atoms with E-state index in [1.54, 1.807) is 37.2 Å². The van der Waals surface area contributed by atoms with Crippen molar-refractivity contribution < 1.29 is 14.3 Å². The molecular weight excluding hydrogens is 398 g/mol. The minimum atomic E-state index is -0.135. The maximum Gasteiger partial charge on any atom is 0.235 e. The zero-order valence-electron chi connectivity index (χ0n) is 15.5. The summed E-state index contributed by atoms with van der Waals surface area (Å²) in [6, 6.07) is 14.9. The van der Waals surface area contributed by atoms with Crippen LogP contribution in [0.2, 0.25) is 5.02 Å². The molecule has 0 saturated carbocycles. The Bertz CT molecular complexity index is 961. The van der Waals surface area contributed by atoms with Gasteiger partial charge in [-0.25, -0.2) is 4.68 Å². The highest BCUT2D eigenvalue weighted by molar-refractivity contribution is 8.00. The molecule has 1 amide bonds. The van der Waals surface area contributed by atoms with E-state index >= 15 is 0 Å². The van der Waals surface area contributed by atoms with Crippen molar-refractivity contribution in [3.05, 3.63) is 65.3 Å². The second kappa shape index (κ2) is 9.52. The van der Waals surface area contributed by atoms with Crippen LogP contribution >= 0.6 is 23.4 Å². The molecule has 0 aliphatic carbocycles. The maximum absolute atomic E-state index is 12.4. The number of ether oxygens (including phenoxy) is 2. The molecule has 3 aromatic rings. The van der Waals surface area contributed by atoms with Gasteiger partial charge in [0.2, 0.25) is 5.91 Å². The smallest absolute Gasteiger partial charge is 0.235 e. The number of thioether (sulfide) groups is 1. The summed E-state index contributed by atoms with van der Waals surface area (Å²) in [6.07, 6.45) is 1.64. The molecule has 0 radical (unpaired) electrons. The molecule has 0 saturated heterocycles. The van der Waals surface area contributed by atoms with Gasteiger partial charge in [0.1, 0.15) is 5.82 Å². The van der Waals surface area contributed by atoms with Crippen molar-refractivity contribution in [1.29, 1.82) is 0 Å². The third kappa shape index (κ3) is 4.79. The van der Waals surface area contributed by atoms with Crippen molar-refractivity contribution in [3.63, 3.8) is 0 Å². The molecule has 2 aromatic carbocycles. The maximum atomic E-state index is 12.4. The summed E-state index contributed by atoms with van der Waals surface area (Å²) >= 11 is 7.52. The Balaban J connectivity index is 1.67. The molecule has 0 spiro atoms.